The molecule has 2 heterocycles. The molecular formula is C21H30ClFN4O3. The Morgan fingerprint density at radius 2 is 1.93 bits per heavy atom. The molecule has 2 aliphatic rings. The molecule has 9 heteroatoms. The minimum absolute atomic E-state index is 0.0193. The van der Waals surface area contributed by atoms with E-state index < -0.39 is 11.2 Å². The van der Waals surface area contributed by atoms with Crippen molar-refractivity contribution in [3.8, 4) is 0 Å². The number of primary amides is 1. The summed E-state index contributed by atoms with van der Waals surface area (Å²) in [5.41, 5.74) is 5.31. The molecule has 1 aromatic rings. The van der Waals surface area contributed by atoms with Gasteiger partial charge in [0, 0.05) is 32.8 Å². The number of urea groups is 1. The monoisotopic (exact) mass is 440 g/mol. The van der Waals surface area contributed by atoms with Crippen LogP contribution in [0.4, 0.5) is 14.9 Å². The van der Waals surface area contributed by atoms with E-state index in [-0.39, 0.29) is 22.6 Å². The molecule has 0 saturated carbocycles. The van der Waals surface area contributed by atoms with Crippen LogP contribution in [0.15, 0.2) is 18.2 Å². The Morgan fingerprint density at radius 3 is 2.53 bits per heavy atom. The van der Waals surface area contributed by atoms with Gasteiger partial charge < -0.3 is 25.6 Å². The van der Waals surface area contributed by atoms with Gasteiger partial charge in [0.05, 0.1) is 16.1 Å². The smallest absolute Gasteiger partial charge is 0.321 e. The van der Waals surface area contributed by atoms with Crippen molar-refractivity contribution >= 4 is 29.2 Å². The first-order valence-electron chi connectivity index (χ1n) is 10.4. The summed E-state index contributed by atoms with van der Waals surface area (Å²) >= 11 is 5.77. The molecular weight excluding hydrogens is 411 g/mol. The average Bonchev–Trinajstić information content (AvgIpc) is 2.76. The third-order valence-electron chi connectivity index (χ3n) is 6.52. The number of likely N-dealkylation sites (tertiary alicyclic amines) is 2. The molecule has 0 bridgehead atoms. The van der Waals surface area contributed by atoms with E-state index in [1.165, 1.54) is 12.1 Å². The number of hydrogen-bond donors (Lipinski definition) is 2. The fourth-order valence-electron chi connectivity index (χ4n) is 4.46. The van der Waals surface area contributed by atoms with E-state index in [9.17, 15) is 14.0 Å². The molecule has 3 rings (SSSR count). The average molecular weight is 441 g/mol. The number of rotatable bonds is 6. The lowest BCUT2D eigenvalue weighted by Gasteiger charge is -2.45. The summed E-state index contributed by atoms with van der Waals surface area (Å²) < 4.78 is 19.2. The molecule has 2 aliphatic heterocycles. The number of benzene rings is 1. The van der Waals surface area contributed by atoms with Crippen molar-refractivity contribution in [2.75, 3.05) is 45.2 Å². The quantitative estimate of drug-likeness (QED) is 0.711. The normalized spacial score (nSPS) is 20.2. The Morgan fingerprint density at radius 1 is 1.27 bits per heavy atom. The number of amides is 3. The predicted octanol–water partition coefficient (Wildman–Crippen LogP) is 3.08. The lowest BCUT2D eigenvalue weighted by atomic mass is 9.74. The largest absolute Gasteiger partial charge is 0.385 e. The van der Waals surface area contributed by atoms with Crippen molar-refractivity contribution in [3.63, 3.8) is 0 Å². The number of carbonyl (C=O) groups is 2. The van der Waals surface area contributed by atoms with E-state index in [1.54, 1.807) is 18.1 Å². The highest BCUT2D eigenvalue weighted by Gasteiger charge is 2.41. The number of carbonyl (C=O) groups excluding carboxylic acids is 2. The number of methoxy groups -OCH3 is 1. The molecule has 3 amide bonds. The van der Waals surface area contributed by atoms with E-state index >= 15 is 0 Å². The molecule has 0 radical (unpaired) electrons. The minimum atomic E-state index is -0.623. The van der Waals surface area contributed by atoms with Gasteiger partial charge in [0.15, 0.2) is 5.82 Å². The Labute approximate surface area is 181 Å². The molecule has 0 atom stereocenters. The van der Waals surface area contributed by atoms with Crippen molar-refractivity contribution < 1.29 is 18.7 Å². The van der Waals surface area contributed by atoms with E-state index in [0.29, 0.717) is 32.2 Å². The van der Waals surface area contributed by atoms with Crippen LogP contribution in [0.3, 0.4) is 0 Å². The molecule has 0 aliphatic carbocycles. The van der Waals surface area contributed by atoms with Gasteiger partial charge in [-0.25, -0.2) is 9.18 Å². The van der Waals surface area contributed by atoms with Crippen molar-refractivity contribution in [3.05, 3.63) is 29.0 Å². The molecule has 2 fully saturated rings. The fraction of sp³-hybridized carbons (Fsp3) is 0.619. The fourth-order valence-corrected chi connectivity index (χ4v) is 4.64. The zero-order chi connectivity index (χ0) is 21.7. The molecule has 166 valence electrons. The topological polar surface area (TPSA) is 87.9 Å². The number of halogens is 2. The molecule has 0 unspecified atom stereocenters. The van der Waals surface area contributed by atoms with Gasteiger partial charge in [-0.2, -0.15) is 0 Å². The van der Waals surface area contributed by atoms with Gasteiger partial charge in [0.25, 0.3) is 0 Å². The van der Waals surface area contributed by atoms with Crippen LogP contribution in [0, 0.1) is 11.2 Å². The zero-order valence-corrected chi connectivity index (χ0v) is 18.1. The van der Waals surface area contributed by atoms with E-state index in [1.807, 2.05) is 0 Å². The van der Waals surface area contributed by atoms with Gasteiger partial charge >= 0.3 is 6.03 Å². The number of nitrogens with one attached hydrogen (secondary N) is 1. The van der Waals surface area contributed by atoms with Crippen LogP contribution in [0.25, 0.3) is 0 Å². The lowest BCUT2D eigenvalue weighted by Crippen LogP contribution is -2.53. The summed E-state index contributed by atoms with van der Waals surface area (Å²) in [6.07, 6.45) is 3.81. The number of nitrogens with two attached hydrogens (primary N) is 1. The third-order valence-corrected chi connectivity index (χ3v) is 6.82. The van der Waals surface area contributed by atoms with Crippen molar-refractivity contribution in [2.24, 2.45) is 11.1 Å². The summed E-state index contributed by atoms with van der Waals surface area (Å²) in [6, 6.07) is 4.58. The first kappa shape index (κ1) is 22.8. The van der Waals surface area contributed by atoms with Crippen LogP contribution in [0.2, 0.25) is 5.02 Å². The molecule has 30 heavy (non-hydrogen) atoms. The summed E-state index contributed by atoms with van der Waals surface area (Å²) in [5.74, 6) is -0.860. The molecule has 7 nitrogen and oxygen atoms in total. The standard InChI is InChI=1S/C21H30ClFN4O3/c1-30-14-9-21(19(24)28)7-12-26(13-8-21)15-5-10-27(11-6-15)20(29)25-17-4-2-3-16(22)18(17)23/h2-4,15H,5-14H2,1H3,(H2,24,28)(H,25,29). The highest BCUT2D eigenvalue weighted by Crippen LogP contribution is 2.36. The Kier molecular flexibility index (Phi) is 7.55. The first-order chi connectivity index (χ1) is 14.4. The highest BCUT2D eigenvalue weighted by molar-refractivity contribution is 6.31. The molecule has 0 aromatic heterocycles. The molecule has 2 saturated heterocycles. The zero-order valence-electron chi connectivity index (χ0n) is 17.3. The Hall–Kier alpha value is -1.90. The predicted molar refractivity (Wildman–Crippen MR) is 114 cm³/mol. The summed E-state index contributed by atoms with van der Waals surface area (Å²) in [4.78, 5) is 28.6. The second-order valence-electron chi connectivity index (χ2n) is 8.17. The van der Waals surface area contributed by atoms with Gasteiger partial charge in [-0.05, 0) is 57.3 Å². The molecule has 1 aromatic carbocycles. The number of ether oxygens (including phenoxy) is 1. The van der Waals surface area contributed by atoms with Crippen LogP contribution in [0.1, 0.15) is 32.1 Å². The first-order valence-corrected chi connectivity index (χ1v) is 10.8. The number of anilines is 1. The summed E-state index contributed by atoms with van der Waals surface area (Å²) in [7, 11) is 1.63. The van der Waals surface area contributed by atoms with E-state index in [2.05, 4.69) is 10.2 Å². The second kappa shape index (κ2) is 9.94. The van der Waals surface area contributed by atoms with E-state index in [0.717, 1.165) is 38.8 Å². The summed E-state index contributed by atoms with van der Waals surface area (Å²) in [6.45, 7) is 3.36. The third kappa shape index (κ3) is 5.04. The van der Waals surface area contributed by atoms with Gasteiger partial charge in [-0.1, -0.05) is 17.7 Å². The maximum atomic E-state index is 14.0. The van der Waals surface area contributed by atoms with E-state index in [4.69, 9.17) is 22.1 Å². The Bertz CT molecular complexity index is 763. The van der Waals surface area contributed by atoms with Crippen molar-refractivity contribution in [1.82, 2.24) is 9.80 Å². The maximum absolute atomic E-state index is 14.0. The second-order valence-corrected chi connectivity index (χ2v) is 8.58. The SMILES string of the molecule is COCCC1(C(N)=O)CCN(C2CCN(C(=O)Nc3cccc(Cl)c3F)CC2)CC1. The van der Waals surface area contributed by atoms with Crippen LogP contribution >= 0.6 is 11.6 Å². The van der Waals surface area contributed by atoms with Gasteiger partial charge in [0.2, 0.25) is 5.91 Å². The van der Waals surface area contributed by atoms with Crippen molar-refractivity contribution in [1.29, 1.82) is 0 Å². The van der Waals surface area contributed by atoms with Crippen molar-refractivity contribution in [2.45, 2.75) is 38.1 Å². The molecule has 0 spiro atoms. The number of piperidine rings is 2. The highest BCUT2D eigenvalue weighted by atomic mass is 35.5. The van der Waals surface area contributed by atoms with Gasteiger partial charge in [-0.3, -0.25) is 4.79 Å². The minimum Gasteiger partial charge on any atom is -0.385 e. The lowest BCUT2D eigenvalue weighted by molar-refractivity contribution is -0.132. The number of nitrogens with zero attached hydrogens (tertiary/aromatic N) is 2. The van der Waals surface area contributed by atoms with Crippen LogP contribution in [0.5, 0.6) is 0 Å². The van der Waals surface area contributed by atoms with Crippen LogP contribution in [-0.2, 0) is 9.53 Å². The maximum Gasteiger partial charge on any atom is 0.321 e. The Balaban J connectivity index is 1.49. The van der Waals surface area contributed by atoms with Crippen LogP contribution in [-0.4, -0.2) is 67.7 Å². The number of hydrogen-bond acceptors (Lipinski definition) is 4. The summed E-state index contributed by atoms with van der Waals surface area (Å²) in [5, 5.41) is 2.59. The van der Waals surface area contributed by atoms with Gasteiger partial charge in [0.1, 0.15) is 0 Å². The van der Waals surface area contributed by atoms with Crippen LogP contribution < -0.4 is 11.1 Å². The van der Waals surface area contributed by atoms with Gasteiger partial charge in [-0.15, -0.1) is 0 Å². The molecule has 3 N–H and O–H groups in total.